The van der Waals surface area contributed by atoms with Gasteiger partial charge in [0.15, 0.2) is 5.60 Å². The van der Waals surface area contributed by atoms with Crippen LogP contribution < -0.4 is 15.5 Å². The van der Waals surface area contributed by atoms with E-state index in [4.69, 9.17) is 4.74 Å². The third kappa shape index (κ3) is 6.47. The van der Waals surface area contributed by atoms with Crippen molar-refractivity contribution >= 4 is 17.8 Å². The molecule has 3 saturated carbocycles. The molecule has 1 aromatic carbocycles. The summed E-state index contributed by atoms with van der Waals surface area (Å²) in [5, 5.41) is 10.4. The molecule has 0 bridgehead atoms. The maximum Gasteiger partial charge on any atom is 0.407 e. The average molecular weight is 599 g/mol. The van der Waals surface area contributed by atoms with E-state index < -0.39 is 11.7 Å². The minimum absolute atomic E-state index is 0.177. The standard InChI is InChI=1S/C35H46N6O3/c1-36-34(43)44-35(33(42)38-20-24-10-12-25(13-11-24)28-14-17-32(37-21-28)40(2)3)18-5-4-9-31(35)27-8-6-7-26(19-27)29-22-39-41(23-29)30-15-16-30/h6-8,14,17,19,21-25,30-31H,4-5,9-13,15-16,18,20H2,1-3H3,(H,36,43)(H,38,42). The predicted octanol–water partition coefficient (Wildman–Crippen LogP) is 6.19. The van der Waals surface area contributed by atoms with E-state index in [2.05, 4.69) is 61.9 Å². The molecule has 2 atom stereocenters. The van der Waals surface area contributed by atoms with Crippen LogP contribution in [0.25, 0.3) is 11.1 Å². The van der Waals surface area contributed by atoms with Gasteiger partial charge in [0.2, 0.25) is 0 Å². The van der Waals surface area contributed by atoms with Gasteiger partial charge in [-0.2, -0.15) is 5.10 Å². The first-order chi connectivity index (χ1) is 21.4. The van der Waals surface area contributed by atoms with Crippen LogP contribution in [0, 0.1) is 5.92 Å². The Morgan fingerprint density at radius 3 is 2.50 bits per heavy atom. The highest BCUT2D eigenvalue weighted by molar-refractivity contribution is 5.89. The fourth-order valence-electron chi connectivity index (χ4n) is 7.19. The van der Waals surface area contributed by atoms with Gasteiger partial charge in [-0.3, -0.25) is 9.48 Å². The molecule has 0 radical (unpaired) electrons. The fraction of sp³-hybridized carbons (Fsp3) is 0.543. The van der Waals surface area contributed by atoms with Crippen LogP contribution in [-0.4, -0.2) is 60.1 Å². The van der Waals surface area contributed by atoms with Crippen LogP contribution in [0.3, 0.4) is 0 Å². The number of ether oxygens (including phenoxy) is 1. The van der Waals surface area contributed by atoms with Crippen LogP contribution >= 0.6 is 0 Å². The molecule has 3 aliphatic rings. The maximum absolute atomic E-state index is 14.2. The molecule has 2 N–H and O–H groups in total. The topological polar surface area (TPSA) is 101 Å². The number of nitrogens with one attached hydrogen (secondary N) is 2. The molecule has 2 aromatic heterocycles. The van der Waals surface area contributed by atoms with E-state index in [0.717, 1.165) is 67.5 Å². The summed E-state index contributed by atoms with van der Waals surface area (Å²) in [6.07, 6.45) is 15.2. The zero-order chi connectivity index (χ0) is 30.7. The molecule has 44 heavy (non-hydrogen) atoms. The minimum atomic E-state index is -1.26. The van der Waals surface area contributed by atoms with Gasteiger partial charge in [-0.05, 0) is 92.4 Å². The van der Waals surface area contributed by atoms with E-state index in [1.807, 2.05) is 37.5 Å². The Labute approximate surface area is 260 Å². The summed E-state index contributed by atoms with van der Waals surface area (Å²) >= 11 is 0. The first-order valence-electron chi connectivity index (χ1n) is 16.3. The third-order valence-corrected chi connectivity index (χ3v) is 9.96. The number of benzene rings is 1. The zero-order valence-corrected chi connectivity index (χ0v) is 26.3. The molecule has 2 heterocycles. The molecular weight excluding hydrogens is 552 g/mol. The highest BCUT2D eigenvalue weighted by atomic mass is 16.6. The lowest BCUT2D eigenvalue weighted by atomic mass is 9.70. The van der Waals surface area contributed by atoms with Gasteiger partial charge in [-0.15, -0.1) is 0 Å². The molecule has 3 aromatic rings. The number of rotatable bonds is 9. The summed E-state index contributed by atoms with van der Waals surface area (Å²) in [6.45, 7) is 0.593. The summed E-state index contributed by atoms with van der Waals surface area (Å²) in [6, 6.07) is 13.2. The van der Waals surface area contributed by atoms with E-state index in [1.165, 1.54) is 18.4 Å². The number of hydrogen-bond acceptors (Lipinski definition) is 6. The van der Waals surface area contributed by atoms with E-state index in [9.17, 15) is 9.59 Å². The van der Waals surface area contributed by atoms with Gasteiger partial charge in [0, 0.05) is 51.6 Å². The molecule has 9 nitrogen and oxygen atoms in total. The molecule has 0 saturated heterocycles. The lowest BCUT2D eigenvalue weighted by Crippen LogP contribution is -2.56. The van der Waals surface area contributed by atoms with E-state index in [0.29, 0.717) is 30.8 Å². The first-order valence-corrected chi connectivity index (χ1v) is 16.3. The predicted molar refractivity (Wildman–Crippen MR) is 172 cm³/mol. The molecular formula is C35H46N6O3. The van der Waals surface area contributed by atoms with Crippen LogP contribution in [0.5, 0.6) is 0 Å². The van der Waals surface area contributed by atoms with Gasteiger partial charge in [-0.25, -0.2) is 9.78 Å². The van der Waals surface area contributed by atoms with Gasteiger partial charge >= 0.3 is 6.09 Å². The molecule has 3 aliphatic carbocycles. The lowest BCUT2D eigenvalue weighted by molar-refractivity contribution is -0.146. The summed E-state index contributed by atoms with van der Waals surface area (Å²) in [4.78, 5) is 33.5. The van der Waals surface area contributed by atoms with Crippen molar-refractivity contribution in [2.45, 2.75) is 87.7 Å². The summed E-state index contributed by atoms with van der Waals surface area (Å²) in [5.74, 6) is 1.45. The number of amides is 2. The Morgan fingerprint density at radius 1 is 0.977 bits per heavy atom. The van der Waals surface area contributed by atoms with Crippen LogP contribution in [-0.2, 0) is 9.53 Å². The minimum Gasteiger partial charge on any atom is -0.432 e. The SMILES string of the molecule is CNC(=O)OC1(C(=O)NCC2CCC(c3ccc(N(C)C)nc3)CC2)CCCCC1c1cccc(-c2cnn(C3CC3)c2)c1. The van der Waals surface area contributed by atoms with Crippen LogP contribution in [0.1, 0.15) is 93.2 Å². The van der Waals surface area contributed by atoms with E-state index in [-0.39, 0.29) is 11.8 Å². The molecule has 9 heteroatoms. The van der Waals surface area contributed by atoms with Crippen molar-refractivity contribution in [1.82, 2.24) is 25.4 Å². The Hall–Kier alpha value is -3.88. The highest BCUT2D eigenvalue weighted by Gasteiger charge is 2.51. The van der Waals surface area contributed by atoms with Crippen molar-refractivity contribution in [2.24, 2.45) is 5.92 Å². The summed E-state index contributed by atoms with van der Waals surface area (Å²) < 4.78 is 8.15. The molecule has 2 amide bonds. The van der Waals surface area contributed by atoms with E-state index >= 15 is 0 Å². The maximum atomic E-state index is 14.2. The van der Waals surface area contributed by atoms with Gasteiger partial charge in [0.1, 0.15) is 5.82 Å². The number of anilines is 1. The number of carbonyl (C=O) groups excluding carboxylic acids is 2. The van der Waals surface area contributed by atoms with E-state index in [1.54, 1.807) is 7.05 Å². The Morgan fingerprint density at radius 2 is 1.80 bits per heavy atom. The van der Waals surface area contributed by atoms with Gasteiger partial charge in [0.05, 0.1) is 12.2 Å². The second-order valence-electron chi connectivity index (χ2n) is 13.2. The van der Waals surface area contributed by atoms with Gasteiger partial charge in [-0.1, -0.05) is 36.8 Å². The lowest BCUT2D eigenvalue weighted by Gasteiger charge is -2.42. The Kier molecular flexibility index (Phi) is 8.91. The van der Waals surface area contributed by atoms with Crippen LogP contribution in [0.2, 0.25) is 0 Å². The number of nitrogens with zero attached hydrogens (tertiary/aromatic N) is 4. The quantitative estimate of drug-likeness (QED) is 0.305. The fourth-order valence-corrected chi connectivity index (χ4v) is 7.19. The summed E-state index contributed by atoms with van der Waals surface area (Å²) in [7, 11) is 5.55. The number of hydrogen-bond donors (Lipinski definition) is 2. The van der Waals surface area contributed by atoms with Crippen molar-refractivity contribution in [3.63, 3.8) is 0 Å². The van der Waals surface area contributed by atoms with Crippen molar-refractivity contribution in [2.75, 3.05) is 32.6 Å². The number of carbonyl (C=O) groups is 2. The number of aromatic nitrogens is 3. The van der Waals surface area contributed by atoms with Crippen LogP contribution in [0.4, 0.5) is 10.6 Å². The van der Waals surface area contributed by atoms with Crippen molar-refractivity contribution < 1.29 is 14.3 Å². The Balaban J connectivity index is 1.15. The molecule has 6 rings (SSSR count). The van der Waals surface area contributed by atoms with Crippen molar-refractivity contribution in [1.29, 1.82) is 0 Å². The van der Waals surface area contributed by atoms with Crippen molar-refractivity contribution in [3.8, 4) is 11.1 Å². The third-order valence-electron chi connectivity index (χ3n) is 9.96. The molecule has 3 fully saturated rings. The zero-order valence-electron chi connectivity index (χ0n) is 26.3. The normalized spacial score (nSPS) is 25.2. The first kappa shape index (κ1) is 30.2. The molecule has 0 aliphatic heterocycles. The largest absolute Gasteiger partial charge is 0.432 e. The number of pyridine rings is 1. The van der Waals surface area contributed by atoms with Crippen molar-refractivity contribution in [3.05, 3.63) is 66.1 Å². The second-order valence-corrected chi connectivity index (χ2v) is 13.2. The highest BCUT2D eigenvalue weighted by Crippen LogP contribution is 2.45. The van der Waals surface area contributed by atoms with Gasteiger partial charge < -0.3 is 20.3 Å². The molecule has 234 valence electrons. The number of alkyl carbamates (subject to hydrolysis) is 1. The van der Waals surface area contributed by atoms with Gasteiger partial charge in [0.25, 0.3) is 5.91 Å². The van der Waals surface area contributed by atoms with Crippen LogP contribution in [0.15, 0.2) is 55.0 Å². The average Bonchev–Trinajstić information content (AvgIpc) is 3.79. The monoisotopic (exact) mass is 598 g/mol. The second kappa shape index (κ2) is 13.0. The Bertz CT molecular complexity index is 1440. The summed E-state index contributed by atoms with van der Waals surface area (Å²) in [5.41, 5.74) is 3.19. The smallest absolute Gasteiger partial charge is 0.407 e. The molecule has 2 unspecified atom stereocenters. The molecule has 0 spiro atoms.